The SMILES string of the molecule is Cc1c(CO)cccc1-c1cc2c(-c3cnn(C)c3)nn(C(=O)OC(C)(C)C)c2cn1. The fourth-order valence-electron chi connectivity index (χ4n) is 3.49. The van der Waals surface area contributed by atoms with E-state index in [1.807, 2.05) is 65.2 Å². The van der Waals surface area contributed by atoms with Crippen molar-refractivity contribution in [2.45, 2.75) is 39.9 Å². The summed E-state index contributed by atoms with van der Waals surface area (Å²) in [6.45, 7) is 7.35. The van der Waals surface area contributed by atoms with Gasteiger partial charge in [0.1, 0.15) is 11.3 Å². The molecule has 1 N–H and O–H groups in total. The van der Waals surface area contributed by atoms with Gasteiger partial charge >= 0.3 is 6.09 Å². The van der Waals surface area contributed by atoms with Crippen LogP contribution in [0.2, 0.25) is 0 Å². The summed E-state index contributed by atoms with van der Waals surface area (Å²) >= 11 is 0. The molecule has 0 fully saturated rings. The van der Waals surface area contributed by atoms with Crippen LogP contribution in [0.3, 0.4) is 0 Å². The number of carbonyl (C=O) groups is 1. The zero-order valence-corrected chi connectivity index (χ0v) is 18.2. The molecule has 3 aromatic heterocycles. The van der Waals surface area contributed by atoms with E-state index in [0.29, 0.717) is 11.2 Å². The Morgan fingerprint density at radius 1 is 1.23 bits per heavy atom. The molecular weight excluding hydrogens is 394 g/mol. The molecule has 0 unspecified atom stereocenters. The zero-order valence-electron chi connectivity index (χ0n) is 18.2. The molecular formula is C23H25N5O3. The van der Waals surface area contributed by atoms with Crippen LogP contribution in [0.5, 0.6) is 0 Å². The Balaban J connectivity index is 1.92. The molecule has 160 valence electrons. The summed E-state index contributed by atoms with van der Waals surface area (Å²) in [4.78, 5) is 17.4. The second kappa shape index (κ2) is 7.63. The van der Waals surface area contributed by atoms with E-state index in [0.717, 1.165) is 33.3 Å². The van der Waals surface area contributed by atoms with Gasteiger partial charge in [0.05, 0.1) is 30.2 Å². The smallest absolute Gasteiger partial charge is 0.435 e. The molecule has 0 amide bonds. The van der Waals surface area contributed by atoms with Gasteiger partial charge in [0.25, 0.3) is 0 Å². The molecule has 1 aromatic carbocycles. The lowest BCUT2D eigenvalue weighted by Crippen LogP contribution is -2.27. The van der Waals surface area contributed by atoms with Crippen LogP contribution in [0.15, 0.2) is 42.9 Å². The summed E-state index contributed by atoms with van der Waals surface area (Å²) in [6.07, 6.45) is 4.62. The predicted molar refractivity (Wildman–Crippen MR) is 117 cm³/mol. The average molecular weight is 419 g/mol. The van der Waals surface area contributed by atoms with Crippen molar-refractivity contribution in [3.05, 3.63) is 54.0 Å². The van der Waals surface area contributed by atoms with Crippen LogP contribution in [-0.2, 0) is 18.4 Å². The molecule has 0 aliphatic rings. The van der Waals surface area contributed by atoms with E-state index >= 15 is 0 Å². The first-order chi connectivity index (χ1) is 14.7. The third-order valence-electron chi connectivity index (χ3n) is 5.00. The molecule has 0 atom stereocenters. The van der Waals surface area contributed by atoms with E-state index in [2.05, 4.69) is 15.2 Å². The molecule has 0 spiro atoms. The van der Waals surface area contributed by atoms with Crippen molar-refractivity contribution in [2.75, 3.05) is 0 Å². The van der Waals surface area contributed by atoms with Crippen LogP contribution in [0.25, 0.3) is 33.4 Å². The van der Waals surface area contributed by atoms with Crippen LogP contribution in [-0.4, -0.2) is 41.3 Å². The zero-order chi connectivity index (χ0) is 22.3. The van der Waals surface area contributed by atoms with Gasteiger partial charge in [-0.1, -0.05) is 18.2 Å². The Bertz CT molecular complexity index is 1280. The van der Waals surface area contributed by atoms with Gasteiger partial charge in [-0.3, -0.25) is 9.67 Å². The summed E-state index contributed by atoms with van der Waals surface area (Å²) in [5.74, 6) is 0. The lowest BCUT2D eigenvalue weighted by atomic mass is 9.99. The minimum Gasteiger partial charge on any atom is -0.442 e. The van der Waals surface area contributed by atoms with Crippen molar-refractivity contribution in [1.82, 2.24) is 24.5 Å². The van der Waals surface area contributed by atoms with Crippen molar-refractivity contribution in [1.29, 1.82) is 0 Å². The van der Waals surface area contributed by atoms with Gasteiger partial charge in [-0.15, -0.1) is 0 Å². The van der Waals surface area contributed by atoms with Crippen LogP contribution in [0.1, 0.15) is 31.9 Å². The highest BCUT2D eigenvalue weighted by Crippen LogP contribution is 2.32. The van der Waals surface area contributed by atoms with E-state index in [1.54, 1.807) is 17.1 Å². The number of aliphatic hydroxyl groups excluding tert-OH is 1. The summed E-state index contributed by atoms with van der Waals surface area (Å²) in [7, 11) is 1.83. The molecule has 3 heterocycles. The van der Waals surface area contributed by atoms with Gasteiger partial charge in [-0.2, -0.15) is 14.9 Å². The van der Waals surface area contributed by atoms with Crippen molar-refractivity contribution in [2.24, 2.45) is 7.05 Å². The summed E-state index contributed by atoms with van der Waals surface area (Å²) in [5.41, 5.74) is 4.74. The monoisotopic (exact) mass is 419 g/mol. The van der Waals surface area contributed by atoms with E-state index in [9.17, 15) is 9.90 Å². The quantitative estimate of drug-likeness (QED) is 0.538. The van der Waals surface area contributed by atoms with E-state index in [4.69, 9.17) is 4.74 Å². The maximum atomic E-state index is 12.8. The number of pyridine rings is 1. The van der Waals surface area contributed by atoms with Gasteiger partial charge in [-0.05, 0) is 44.9 Å². The normalized spacial score (nSPS) is 11.8. The minimum atomic E-state index is -0.654. The largest absolute Gasteiger partial charge is 0.442 e. The number of aliphatic hydroxyl groups is 1. The molecule has 4 rings (SSSR count). The molecule has 0 saturated heterocycles. The number of hydrogen-bond donors (Lipinski definition) is 1. The first-order valence-corrected chi connectivity index (χ1v) is 9.99. The number of aryl methyl sites for hydroxylation is 1. The van der Waals surface area contributed by atoms with Crippen molar-refractivity contribution >= 4 is 17.0 Å². The Hall–Kier alpha value is -3.52. The van der Waals surface area contributed by atoms with E-state index in [1.165, 1.54) is 4.68 Å². The molecule has 0 saturated carbocycles. The summed E-state index contributed by atoms with van der Waals surface area (Å²) in [5, 5.41) is 19.2. The number of fused-ring (bicyclic) bond motifs is 1. The first-order valence-electron chi connectivity index (χ1n) is 9.99. The molecule has 8 nitrogen and oxygen atoms in total. The van der Waals surface area contributed by atoms with Gasteiger partial charge in [-0.25, -0.2) is 4.79 Å². The molecule has 8 heteroatoms. The van der Waals surface area contributed by atoms with Crippen molar-refractivity contribution < 1.29 is 14.6 Å². The summed E-state index contributed by atoms with van der Waals surface area (Å²) in [6, 6.07) is 7.66. The maximum Gasteiger partial charge on any atom is 0.435 e. The lowest BCUT2D eigenvalue weighted by Gasteiger charge is -2.19. The molecule has 0 aliphatic carbocycles. The predicted octanol–water partition coefficient (Wildman–Crippen LogP) is 4.08. The molecule has 0 radical (unpaired) electrons. The first kappa shape index (κ1) is 20.7. The topological polar surface area (TPSA) is 95.1 Å². The lowest BCUT2D eigenvalue weighted by molar-refractivity contribution is 0.0523. The number of rotatable bonds is 3. The van der Waals surface area contributed by atoms with E-state index in [-0.39, 0.29) is 6.61 Å². The Morgan fingerprint density at radius 3 is 2.65 bits per heavy atom. The third-order valence-corrected chi connectivity index (χ3v) is 5.00. The highest BCUT2D eigenvalue weighted by atomic mass is 16.6. The fourth-order valence-corrected chi connectivity index (χ4v) is 3.49. The maximum absolute atomic E-state index is 12.8. The molecule has 4 aromatic rings. The second-order valence-corrected chi connectivity index (χ2v) is 8.48. The number of nitrogens with zero attached hydrogens (tertiary/aromatic N) is 5. The Labute approximate surface area is 180 Å². The second-order valence-electron chi connectivity index (χ2n) is 8.48. The van der Waals surface area contributed by atoms with Crippen LogP contribution in [0, 0.1) is 6.92 Å². The molecule has 0 bridgehead atoms. The van der Waals surface area contributed by atoms with Crippen LogP contribution >= 0.6 is 0 Å². The summed E-state index contributed by atoms with van der Waals surface area (Å²) < 4.78 is 8.47. The Kier molecular flexibility index (Phi) is 5.10. The Morgan fingerprint density at radius 2 is 2.00 bits per heavy atom. The van der Waals surface area contributed by atoms with Crippen LogP contribution in [0.4, 0.5) is 4.79 Å². The average Bonchev–Trinajstić information content (AvgIpc) is 3.30. The van der Waals surface area contributed by atoms with E-state index < -0.39 is 11.7 Å². The van der Waals surface area contributed by atoms with Crippen molar-refractivity contribution in [3.8, 4) is 22.5 Å². The van der Waals surface area contributed by atoms with Gasteiger partial charge < -0.3 is 9.84 Å². The number of ether oxygens (including phenoxy) is 1. The standard InChI is InChI=1S/C23H25N5O3/c1-14-15(13-29)7-6-8-17(14)19-9-18-20(11-24-19)28(22(30)31-23(2,3)4)26-21(18)16-10-25-27(5)12-16/h6-12,29H,13H2,1-5H3. The number of benzene rings is 1. The van der Waals surface area contributed by atoms with Crippen LogP contribution < -0.4 is 0 Å². The molecule has 31 heavy (non-hydrogen) atoms. The fraction of sp³-hybridized carbons (Fsp3) is 0.304. The highest BCUT2D eigenvalue weighted by Gasteiger charge is 2.24. The number of carbonyl (C=O) groups excluding carboxylic acids is 1. The highest BCUT2D eigenvalue weighted by molar-refractivity contribution is 5.98. The van der Waals surface area contributed by atoms with Gasteiger partial charge in [0.15, 0.2) is 0 Å². The van der Waals surface area contributed by atoms with Gasteiger partial charge in [0.2, 0.25) is 0 Å². The number of hydrogen-bond acceptors (Lipinski definition) is 6. The molecule has 0 aliphatic heterocycles. The van der Waals surface area contributed by atoms with Gasteiger partial charge in [0, 0.05) is 29.8 Å². The minimum absolute atomic E-state index is 0.0422. The third kappa shape index (κ3) is 3.94. The van der Waals surface area contributed by atoms with Crippen molar-refractivity contribution in [3.63, 3.8) is 0 Å². The number of aromatic nitrogens is 5.